The molecule has 0 aliphatic heterocycles. The van der Waals surface area contributed by atoms with Crippen LogP contribution in [-0.2, 0) is 5.92 Å². The van der Waals surface area contributed by atoms with Crippen molar-refractivity contribution in [2.45, 2.75) is 19.8 Å². The zero-order chi connectivity index (χ0) is 13.6. The number of alkyl halides is 2. The number of fused-ring (bicyclic) bond motifs is 3. The molecule has 0 heterocycles. The molecule has 0 radical (unpaired) electrons. The van der Waals surface area contributed by atoms with E-state index in [0.717, 1.165) is 28.6 Å². The second-order valence-electron chi connectivity index (χ2n) is 5.03. The maximum atomic E-state index is 13.8. The molecule has 3 aromatic rings. The van der Waals surface area contributed by atoms with Gasteiger partial charge in [0.25, 0.3) is 5.92 Å². The molecule has 0 saturated heterocycles. The number of benzene rings is 3. The van der Waals surface area contributed by atoms with Crippen LogP contribution in [0.2, 0.25) is 0 Å². The highest BCUT2D eigenvalue weighted by Gasteiger charge is 2.27. The minimum absolute atomic E-state index is 0.102. The fraction of sp³-hybridized carbons (Fsp3) is 0.176. The van der Waals surface area contributed by atoms with Gasteiger partial charge in [-0.15, -0.1) is 0 Å². The topological polar surface area (TPSA) is 0 Å². The van der Waals surface area contributed by atoms with Crippen molar-refractivity contribution in [3.8, 4) is 0 Å². The first-order valence-electron chi connectivity index (χ1n) is 6.28. The Kier molecular flexibility index (Phi) is 2.56. The van der Waals surface area contributed by atoms with E-state index in [1.54, 1.807) is 12.1 Å². The van der Waals surface area contributed by atoms with Gasteiger partial charge in [-0.2, -0.15) is 0 Å². The predicted molar refractivity (Wildman–Crippen MR) is 75.8 cm³/mol. The lowest BCUT2D eigenvalue weighted by molar-refractivity contribution is 0.0191. The van der Waals surface area contributed by atoms with Gasteiger partial charge < -0.3 is 0 Å². The zero-order valence-corrected chi connectivity index (χ0v) is 10.9. The van der Waals surface area contributed by atoms with E-state index in [-0.39, 0.29) is 5.56 Å². The van der Waals surface area contributed by atoms with Crippen LogP contribution >= 0.6 is 0 Å². The zero-order valence-electron chi connectivity index (χ0n) is 10.9. The molecule has 3 aromatic carbocycles. The Morgan fingerprint density at radius 3 is 2.32 bits per heavy atom. The lowest BCUT2D eigenvalue weighted by atomic mass is 9.92. The monoisotopic (exact) mass is 256 g/mol. The summed E-state index contributed by atoms with van der Waals surface area (Å²) in [6, 6.07) is 14.9. The van der Waals surface area contributed by atoms with Crippen LogP contribution in [0.1, 0.15) is 18.1 Å². The van der Waals surface area contributed by atoms with E-state index in [4.69, 9.17) is 0 Å². The third-order valence-electron chi connectivity index (χ3n) is 3.60. The molecule has 0 bridgehead atoms. The molecule has 0 nitrogen and oxygen atoms in total. The molecule has 0 amide bonds. The number of rotatable bonds is 1. The van der Waals surface area contributed by atoms with Crippen molar-refractivity contribution in [2.75, 3.05) is 0 Å². The molecule has 2 heteroatoms. The highest BCUT2D eigenvalue weighted by molar-refractivity contribution is 6.10. The summed E-state index contributed by atoms with van der Waals surface area (Å²) < 4.78 is 27.7. The molecule has 0 fully saturated rings. The Morgan fingerprint density at radius 2 is 1.58 bits per heavy atom. The normalized spacial score (nSPS) is 12.2. The summed E-state index contributed by atoms with van der Waals surface area (Å²) in [5.74, 6) is -2.84. The minimum Gasteiger partial charge on any atom is -0.202 e. The van der Waals surface area contributed by atoms with Crippen LogP contribution in [-0.4, -0.2) is 0 Å². The van der Waals surface area contributed by atoms with Gasteiger partial charge in [0.2, 0.25) is 0 Å². The van der Waals surface area contributed by atoms with Gasteiger partial charge in [0, 0.05) is 12.5 Å². The Morgan fingerprint density at radius 1 is 0.842 bits per heavy atom. The fourth-order valence-electron chi connectivity index (χ4n) is 2.64. The Hall–Kier alpha value is -1.96. The summed E-state index contributed by atoms with van der Waals surface area (Å²) in [5.41, 5.74) is 1.12. The first-order chi connectivity index (χ1) is 8.98. The van der Waals surface area contributed by atoms with Crippen LogP contribution in [0.15, 0.2) is 48.5 Å². The molecule has 0 unspecified atom stereocenters. The summed E-state index contributed by atoms with van der Waals surface area (Å²) in [6.07, 6.45) is 0. The van der Waals surface area contributed by atoms with Crippen molar-refractivity contribution in [3.05, 3.63) is 59.7 Å². The van der Waals surface area contributed by atoms with Crippen molar-refractivity contribution < 1.29 is 8.78 Å². The maximum absolute atomic E-state index is 13.8. The second-order valence-corrected chi connectivity index (χ2v) is 5.03. The smallest absolute Gasteiger partial charge is 0.202 e. The summed E-state index contributed by atoms with van der Waals surface area (Å²) in [7, 11) is 0. The molecular formula is C17H14F2. The second kappa shape index (κ2) is 4.02. The largest absolute Gasteiger partial charge is 0.271 e. The lowest BCUT2D eigenvalue weighted by Gasteiger charge is -2.17. The van der Waals surface area contributed by atoms with Crippen LogP contribution in [0.4, 0.5) is 8.78 Å². The van der Waals surface area contributed by atoms with E-state index in [1.165, 1.54) is 0 Å². The minimum atomic E-state index is -2.84. The van der Waals surface area contributed by atoms with Gasteiger partial charge in [-0.1, -0.05) is 48.5 Å². The summed E-state index contributed by atoms with van der Waals surface area (Å²) >= 11 is 0. The highest BCUT2D eigenvalue weighted by Crippen LogP contribution is 2.38. The standard InChI is InChI=1S/C17H14F2/c1-11-7-10-15(17(2,18)19)16-13(11)9-8-12-5-3-4-6-14(12)16/h3-10H,1-2H3. The van der Waals surface area contributed by atoms with Gasteiger partial charge in [-0.05, 0) is 34.0 Å². The van der Waals surface area contributed by atoms with Crippen LogP contribution in [0.3, 0.4) is 0 Å². The van der Waals surface area contributed by atoms with E-state index < -0.39 is 5.92 Å². The molecule has 19 heavy (non-hydrogen) atoms. The van der Waals surface area contributed by atoms with E-state index in [0.29, 0.717) is 5.39 Å². The van der Waals surface area contributed by atoms with Gasteiger partial charge in [0.15, 0.2) is 0 Å². The molecule has 0 aliphatic rings. The van der Waals surface area contributed by atoms with Gasteiger partial charge >= 0.3 is 0 Å². The summed E-state index contributed by atoms with van der Waals surface area (Å²) in [5, 5.41) is 3.45. The number of hydrogen-bond donors (Lipinski definition) is 0. The van der Waals surface area contributed by atoms with Crippen LogP contribution in [0.5, 0.6) is 0 Å². The summed E-state index contributed by atoms with van der Waals surface area (Å²) in [4.78, 5) is 0. The number of halogens is 2. The molecule has 0 aliphatic carbocycles. The van der Waals surface area contributed by atoms with E-state index in [9.17, 15) is 8.78 Å². The SMILES string of the molecule is Cc1ccc(C(C)(F)F)c2c1ccc1ccccc12. The van der Waals surface area contributed by atoms with Crippen LogP contribution in [0.25, 0.3) is 21.5 Å². The molecule has 0 atom stereocenters. The van der Waals surface area contributed by atoms with Gasteiger partial charge in [0.1, 0.15) is 0 Å². The van der Waals surface area contributed by atoms with Gasteiger partial charge in [-0.3, -0.25) is 0 Å². The van der Waals surface area contributed by atoms with Crippen molar-refractivity contribution in [2.24, 2.45) is 0 Å². The average molecular weight is 256 g/mol. The molecule has 96 valence electrons. The number of hydrogen-bond acceptors (Lipinski definition) is 0. The highest BCUT2D eigenvalue weighted by atomic mass is 19.3. The molecular weight excluding hydrogens is 242 g/mol. The first kappa shape index (κ1) is 12.1. The molecule has 0 spiro atoms. The molecule has 0 aromatic heterocycles. The Balaban J connectivity index is 2.58. The van der Waals surface area contributed by atoms with Crippen molar-refractivity contribution in [1.82, 2.24) is 0 Å². The third-order valence-corrected chi connectivity index (χ3v) is 3.60. The predicted octanol–water partition coefficient (Wildman–Crippen LogP) is 5.41. The molecule has 0 saturated carbocycles. The average Bonchev–Trinajstić information content (AvgIpc) is 2.37. The van der Waals surface area contributed by atoms with E-state index in [1.807, 2.05) is 43.3 Å². The fourth-order valence-corrected chi connectivity index (χ4v) is 2.64. The van der Waals surface area contributed by atoms with Crippen LogP contribution < -0.4 is 0 Å². The maximum Gasteiger partial charge on any atom is 0.271 e. The first-order valence-corrected chi connectivity index (χ1v) is 6.28. The summed E-state index contributed by atoms with van der Waals surface area (Å²) in [6.45, 7) is 2.91. The molecule has 3 rings (SSSR count). The van der Waals surface area contributed by atoms with Gasteiger partial charge in [-0.25, -0.2) is 8.78 Å². The van der Waals surface area contributed by atoms with Gasteiger partial charge in [0.05, 0.1) is 0 Å². The molecule has 0 N–H and O–H groups in total. The van der Waals surface area contributed by atoms with Crippen molar-refractivity contribution in [3.63, 3.8) is 0 Å². The van der Waals surface area contributed by atoms with E-state index in [2.05, 4.69) is 0 Å². The van der Waals surface area contributed by atoms with Crippen molar-refractivity contribution in [1.29, 1.82) is 0 Å². The third kappa shape index (κ3) is 1.88. The Labute approximate surface area is 110 Å². The Bertz CT molecular complexity index is 767. The van der Waals surface area contributed by atoms with E-state index >= 15 is 0 Å². The van der Waals surface area contributed by atoms with Crippen molar-refractivity contribution >= 4 is 21.5 Å². The lowest BCUT2D eigenvalue weighted by Crippen LogP contribution is -2.08. The quantitative estimate of drug-likeness (QED) is 0.510. The number of aryl methyl sites for hydroxylation is 1. The van der Waals surface area contributed by atoms with Crippen LogP contribution in [0, 0.1) is 6.92 Å².